The van der Waals surface area contributed by atoms with Crippen molar-refractivity contribution < 1.29 is 18.0 Å². The summed E-state index contributed by atoms with van der Waals surface area (Å²) in [6.07, 6.45) is -0.804. The van der Waals surface area contributed by atoms with Crippen molar-refractivity contribution in [3.63, 3.8) is 0 Å². The summed E-state index contributed by atoms with van der Waals surface area (Å²) < 4.78 is 39.4. The van der Waals surface area contributed by atoms with E-state index in [-0.39, 0.29) is 29.5 Å². The largest absolute Gasteiger partial charge is 0.336 e. The Morgan fingerprint density at radius 3 is 2.65 bits per heavy atom. The maximum Gasteiger partial charge on any atom is 0.256 e. The predicted octanol–water partition coefficient (Wildman–Crippen LogP) is 2.91. The number of alkyl halides is 1. The Balaban J connectivity index is 2.28. The molecule has 1 aromatic carbocycles. The van der Waals surface area contributed by atoms with Gasteiger partial charge in [0.05, 0.1) is 16.6 Å². The topological polar surface area (TPSA) is 20.3 Å². The summed E-state index contributed by atoms with van der Waals surface area (Å²) in [4.78, 5) is 13.1. The number of nitrogens with zero attached hydrogens (tertiary/aromatic N) is 1. The Hall–Kier alpha value is -1.04. The van der Waals surface area contributed by atoms with Gasteiger partial charge in [0.1, 0.15) is 17.8 Å². The number of hydrogen-bond donors (Lipinski definition) is 0. The molecule has 2 rings (SSSR count). The molecule has 0 unspecified atom stereocenters. The van der Waals surface area contributed by atoms with Gasteiger partial charge in [-0.2, -0.15) is 0 Å². The third-order valence-electron chi connectivity index (χ3n) is 2.66. The second-order valence-corrected chi connectivity index (χ2v) is 4.74. The van der Waals surface area contributed by atoms with Crippen LogP contribution in [0.5, 0.6) is 0 Å². The molecule has 2 nitrogen and oxygen atoms in total. The van der Waals surface area contributed by atoms with Gasteiger partial charge in [0.15, 0.2) is 0 Å². The van der Waals surface area contributed by atoms with Crippen LogP contribution in [0.4, 0.5) is 13.2 Å². The Bertz CT molecular complexity index is 466. The molecule has 6 heteroatoms. The quantitative estimate of drug-likeness (QED) is 0.731. The number of hydrogen-bond acceptors (Lipinski definition) is 1. The van der Waals surface area contributed by atoms with E-state index < -0.39 is 23.7 Å². The van der Waals surface area contributed by atoms with E-state index in [9.17, 15) is 18.0 Å². The third-order valence-corrected chi connectivity index (χ3v) is 3.27. The van der Waals surface area contributed by atoms with Crippen molar-refractivity contribution in [3.8, 4) is 0 Å². The zero-order valence-electron chi connectivity index (χ0n) is 8.72. The van der Waals surface area contributed by atoms with Crippen molar-refractivity contribution in [1.29, 1.82) is 0 Å². The fourth-order valence-corrected chi connectivity index (χ4v) is 2.10. The first-order chi connectivity index (χ1) is 7.99. The van der Waals surface area contributed by atoms with Crippen molar-refractivity contribution in [2.45, 2.75) is 12.6 Å². The van der Waals surface area contributed by atoms with Gasteiger partial charge in [-0.1, -0.05) is 0 Å². The molecule has 1 aliphatic rings. The van der Waals surface area contributed by atoms with Crippen LogP contribution in [0.3, 0.4) is 0 Å². The number of carbonyl (C=O) groups is 1. The predicted molar refractivity (Wildman–Crippen MR) is 59.5 cm³/mol. The monoisotopic (exact) mass is 307 g/mol. The summed E-state index contributed by atoms with van der Waals surface area (Å²) in [7, 11) is 0. The van der Waals surface area contributed by atoms with E-state index in [2.05, 4.69) is 15.9 Å². The highest BCUT2D eigenvalue weighted by Gasteiger charge is 2.28. The molecule has 1 saturated heterocycles. The highest BCUT2D eigenvalue weighted by atomic mass is 79.9. The van der Waals surface area contributed by atoms with Crippen LogP contribution in [0.15, 0.2) is 16.6 Å². The summed E-state index contributed by atoms with van der Waals surface area (Å²) in [5.74, 6) is -2.31. The molecule has 1 aliphatic heterocycles. The van der Waals surface area contributed by atoms with Crippen LogP contribution >= 0.6 is 15.9 Å². The van der Waals surface area contributed by atoms with Crippen LogP contribution in [0, 0.1) is 11.6 Å². The SMILES string of the molecule is O=C(c1cc(Br)c(F)cc1F)N1CC[C@@H](F)C1. The summed E-state index contributed by atoms with van der Waals surface area (Å²) in [5.41, 5.74) is -0.243. The average molecular weight is 308 g/mol. The van der Waals surface area contributed by atoms with Gasteiger partial charge < -0.3 is 4.90 Å². The van der Waals surface area contributed by atoms with Gasteiger partial charge >= 0.3 is 0 Å². The molecule has 1 fully saturated rings. The number of carbonyl (C=O) groups excluding carboxylic acids is 1. The zero-order valence-corrected chi connectivity index (χ0v) is 10.3. The molecule has 1 atom stereocenters. The van der Waals surface area contributed by atoms with Crippen molar-refractivity contribution >= 4 is 21.8 Å². The van der Waals surface area contributed by atoms with E-state index in [1.165, 1.54) is 4.90 Å². The third kappa shape index (κ3) is 2.46. The van der Waals surface area contributed by atoms with E-state index in [0.717, 1.165) is 6.07 Å². The standard InChI is InChI=1S/C11H9BrF3NO/c12-8-3-7(9(14)4-10(8)15)11(17)16-2-1-6(13)5-16/h3-4,6H,1-2,5H2/t6-/m1/s1. The maximum atomic E-state index is 13.4. The summed E-state index contributed by atoms with van der Waals surface area (Å²) in [6, 6.07) is 1.72. The lowest BCUT2D eigenvalue weighted by molar-refractivity contribution is 0.0778. The smallest absolute Gasteiger partial charge is 0.256 e. The molecule has 0 aromatic heterocycles. The van der Waals surface area contributed by atoms with Crippen LogP contribution in [0.25, 0.3) is 0 Å². The van der Waals surface area contributed by atoms with Gasteiger partial charge in [-0.15, -0.1) is 0 Å². The van der Waals surface area contributed by atoms with Crippen LogP contribution in [0.1, 0.15) is 16.8 Å². The number of amides is 1. The molecule has 92 valence electrons. The molecule has 0 radical (unpaired) electrons. The van der Waals surface area contributed by atoms with E-state index in [1.807, 2.05) is 0 Å². The second kappa shape index (κ2) is 4.68. The first kappa shape index (κ1) is 12.4. The van der Waals surface area contributed by atoms with E-state index >= 15 is 0 Å². The molecular weight excluding hydrogens is 299 g/mol. The first-order valence-corrected chi connectivity index (χ1v) is 5.86. The number of rotatable bonds is 1. The Labute approximate surface area is 105 Å². The molecule has 0 aliphatic carbocycles. The van der Waals surface area contributed by atoms with Gasteiger partial charge in [0.2, 0.25) is 0 Å². The van der Waals surface area contributed by atoms with Crippen LogP contribution in [-0.2, 0) is 0 Å². The molecule has 0 spiro atoms. The summed E-state index contributed by atoms with van der Waals surface area (Å²) in [5, 5.41) is 0. The molecule has 17 heavy (non-hydrogen) atoms. The van der Waals surface area contributed by atoms with Gasteiger partial charge in [-0.3, -0.25) is 4.79 Å². The molecule has 1 aromatic rings. The van der Waals surface area contributed by atoms with Crippen molar-refractivity contribution in [2.24, 2.45) is 0 Å². The van der Waals surface area contributed by atoms with Crippen LogP contribution < -0.4 is 0 Å². The highest BCUT2D eigenvalue weighted by molar-refractivity contribution is 9.10. The van der Waals surface area contributed by atoms with Gasteiger partial charge in [-0.25, -0.2) is 13.2 Å². The van der Waals surface area contributed by atoms with Crippen LogP contribution in [-0.4, -0.2) is 30.1 Å². The Kier molecular flexibility index (Phi) is 3.42. The molecule has 0 N–H and O–H groups in total. The minimum absolute atomic E-state index is 0.0123. The Morgan fingerprint density at radius 2 is 2.06 bits per heavy atom. The van der Waals surface area contributed by atoms with Crippen LogP contribution in [0.2, 0.25) is 0 Å². The zero-order chi connectivity index (χ0) is 12.6. The molecule has 0 bridgehead atoms. The van der Waals surface area contributed by atoms with E-state index in [0.29, 0.717) is 6.07 Å². The minimum atomic E-state index is -1.06. The van der Waals surface area contributed by atoms with E-state index in [1.54, 1.807) is 0 Å². The lowest BCUT2D eigenvalue weighted by atomic mass is 10.2. The molecule has 1 amide bonds. The van der Waals surface area contributed by atoms with Gasteiger partial charge in [0, 0.05) is 12.6 Å². The number of benzene rings is 1. The number of halogens is 4. The normalized spacial score (nSPS) is 19.8. The molecule has 0 saturated carbocycles. The fraction of sp³-hybridized carbons (Fsp3) is 0.364. The fourth-order valence-electron chi connectivity index (χ4n) is 1.76. The van der Waals surface area contributed by atoms with Gasteiger partial charge in [-0.05, 0) is 28.4 Å². The molecule has 1 heterocycles. The van der Waals surface area contributed by atoms with Gasteiger partial charge in [0.25, 0.3) is 5.91 Å². The summed E-state index contributed by atoms with van der Waals surface area (Å²) in [6.45, 7) is 0.224. The van der Waals surface area contributed by atoms with Crippen molar-refractivity contribution in [1.82, 2.24) is 4.90 Å². The lowest BCUT2D eigenvalue weighted by Gasteiger charge is -2.15. The van der Waals surface area contributed by atoms with E-state index in [4.69, 9.17) is 0 Å². The number of likely N-dealkylation sites (tertiary alicyclic amines) is 1. The van der Waals surface area contributed by atoms with Crippen molar-refractivity contribution in [2.75, 3.05) is 13.1 Å². The second-order valence-electron chi connectivity index (χ2n) is 3.88. The minimum Gasteiger partial charge on any atom is -0.336 e. The Morgan fingerprint density at radius 1 is 1.35 bits per heavy atom. The highest BCUT2D eigenvalue weighted by Crippen LogP contribution is 2.23. The first-order valence-electron chi connectivity index (χ1n) is 5.07. The lowest BCUT2D eigenvalue weighted by Crippen LogP contribution is -2.29. The molecular formula is C11H9BrF3NO. The van der Waals surface area contributed by atoms with Crippen molar-refractivity contribution in [3.05, 3.63) is 33.8 Å². The maximum absolute atomic E-state index is 13.4. The average Bonchev–Trinajstić information content (AvgIpc) is 2.69. The summed E-state index contributed by atoms with van der Waals surface area (Å²) >= 11 is 2.88.